The Labute approximate surface area is 117 Å². The second kappa shape index (κ2) is 7.08. The largest absolute Gasteiger partial charge is 0.354 e. The van der Waals surface area contributed by atoms with Gasteiger partial charge in [0.05, 0.1) is 0 Å². The number of nitrogens with one attached hydrogen (secondary N) is 1. The number of aromatic nitrogens is 1. The fourth-order valence-electron chi connectivity index (χ4n) is 2.70. The van der Waals surface area contributed by atoms with Crippen molar-refractivity contribution in [3.8, 4) is 0 Å². The fourth-order valence-corrected chi connectivity index (χ4v) is 2.70. The van der Waals surface area contributed by atoms with Gasteiger partial charge in [-0.15, -0.1) is 0 Å². The van der Waals surface area contributed by atoms with Crippen LogP contribution in [0.25, 0.3) is 0 Å². The van der Waals surface area contributed by atoms with Gasteiger partial charge in [0.1, 0.15) is 0 Å². The molecule has 0 saturated carbocycles. The van der Waals surface area contributed by atoms with Gasteiger partial charge in [0, 0.05) is 57.7 Å². The zero-order chi connectivity index (χ0) is 13.7. The molecule has 1 fully saturated rings. The molecule has 1 aromatic heterocycles. The summed E-state index contributed by atoms with van der Waals surface area (Å²) in [5.74, 6) is 0. The summed E-state index contributed by atoms with van der Waals surface area (Å²) in [5, 5.41) is 3.60. The Morgan fingerprint density at radius 1 is 1.32 bits per heavy atom. The highest BCUT2D eigenvalue weighted by molar-refractivity contribution is 5.09. The van der Waals surface area contributed by atoms with Gasteiger partial charge >= 0.3 is 0 Å². The highest BCUT2D eigenvalue weighted by Gasteiger charge is 2.21. The molecule has 0 aliphatic carbocycles. The molecule has 4 nitrogen and oxygen atoms in total. The summed E-state index contributed by atoms with van der Waals surface area (Å²) in [7, 11) is 4.45. The Hall–Kier alpha value is -0.840. The van der Waals surface area contributed by atoms with Gasteiger partial charge in [-0.05, 0) is 32.1 Å². The number of aryl methyl sites for hydroxylation is 1. The van der Waals surface area contributed by atoms with E-state index in [2.05, 4.69) is 59.2 Å². The van der Waals surface area contributed by atoms with Crippen LogP contribution in [0.4, 0.5) is 0 Å². The van der Waals surface area contributed by atoms with Gasteiger partial charge in [0.2, 0.25) is 0 Å². The zero-order valence-corrected chi connectivity index (χ0v) is 12.6. The Balaban J connectivity index is 1.72. The SMILES string of the molecule is CCCn1ccc(CNCC2CN(C)CCN2C)c1. The van der Waals surface area contributed by atoms with Gasteiger partial charge in [-0.25, -0.2) is 0 Å². The molecule has 108 valence electrons. The van der Waals surface area contributed by atoms with Crippen molar-refractivity contribution >= 4 is 0 Å². The third-order valence-electron chi connectivity index (χ3n) is 3.98. The molecule has 1 atom stereocenters. The van der Waals surface area contributed by atoms with Crippen LogP contribution < -0.4 is 5.32 Å². The molecule has 1 unspecified atom stereocenters. The molecule has 19 heavy (non-hydrogen) atoms. The Bertz CT molecular complexity index is 374. The number of likely N-dealkylation sites (N-methyl/N-ethyl adjacent to an activating group) is 2. The van der Waals surface area contributed by atoms with Crippen molar-refractivity contribution in [2.45, 2.75) is 32.5 Å². The van der Waals surface area contributed by atoms with Crippen molar-refractivity contribution in [3.63, 3.8) is 0 Å². The van der Waals surface area contributed by atoms with Crippen LogP contribution in [0.3, 0.4) is 0 Å². The highest BCUT2D eigenvalue weighted by Crippen LogP contribution is 2.06. The fraction of sp³-hybridized carbons (Fsp3) is 0.733. The first-order valence-corrected chi connectivity index (χ1v) is 7.43. The molecule has 2 rings (SSSR count). The number of rotatable bonds is 6. The third kappa shape index (κ3) is 4.34. The minimum Gasteiger partial charge on any atom is -0.354 e. The Morgan fingerprint density at radius 2 is 2.16 bits per heavy atom. The summed E-state index contributed by atoms with van der Waals surface area (Å²) in [4.78, 5) is 4.89. The van der Waals surface area contributed by atoms with Crippen molar-refractivity contribution in [1.82, 2.24) is 19.7 Å². The summed E-state index contributed by atoms with van der Waals surface area (Å²) in [6, 6.07) is 2.86. The molecule has 1 aromatic rings. The molecule has 0 bridgehead atoms. The predicted octanol–water partition coefficient (Wildman–Crippen LogP) is 1.23. The molecule has 0 spiro atoms. The van der Waals surface area contributed by atoms with E-state index in [1.54, 1.807) is 0 Å². The first kappa shape index (κ1) is 14.6. The van der Waals surface area contributed by atoms with Gasteiger partial charge in [-0.2, -0.15) is 0 Å². The number of nitrogens with zero attached hydrogens (tertiary/aromatic N) is 3. The van der Waals surface area contributed by atoms with Crippen LogP contribution in [0.2, 0.25) is 0 Å². The maximum atomic E-state index is 3.60. The van der Waals surface area contributed by atoms with Gasteiger partial charge in [-0.1, -0.05) is 6.92 Å². The predicted molar refractivity (Wildman–Crippen MR) is 80.3 cm³/mol. The summed E-state index contributed by atoms with van der Waals surface area (Å²) in [6.45, 7) is 8.91. The van der Waals surface area contributed by atoms with Crippen LogP contribution in [0.5, 0.6) is 0 Å². The molecule has 1 aliphatic rings. The average Bonchev–Trinajstić information content (AvgIpc) is 2.82. The summed E-state index contributed by atoms with van der Waals surface area (Å²) >= 11 is 0. The van der Waals surface area contributed by atoms with E-state index in [9.17, 15) is 0 Å². The van der Waals surface area contributed by atoms with Crippen LogP contribution >= 0.6 is 0 Å². The van der Waals surface area contributed by atoms with Crippen LogP contribution in [-0.4, -0.2) is 60.7 Å². The second-order valence-electron chi connectivity index (χ2n) is 5.79. The molecule has 0 amide bonds. The lowest BCUT2D eigenvalue weighted by Gasteiger charge is -2.37. The van der Waals surface area contributed by atoms with Crippen molar-refractivity contribution in [1.29, 1.82) is 0 Å². The molecule has 1 aliphatic heterocycles. The average molecular weight is 264 g/mol. The Kier molecular flexibility index (Phi) is 5.43. The zero-order valence-electron chi connectivity index (χ0n) is 12.6. The van der Waals surface area contributed by atoms with Crippen LogP contribution in [0.15, 0.2) is 18.5 Å². The van der Waals surface area contributed by atoms with Gasteiger partial charge in [0.25, 0.3) is 0 Å². The Morgan fingerprint density at radius 3 is 2.95 bits per heavy atom. The van der Waals surface area contributed by atoms with Gasteiger partial charge in [-0.3, -0.25) is 4.90 Å². The maximum absolute atomic E-state index is 3.60. The van der Waals surface area contributed by atoms with Crippen LogP contribution in [0, 0.1) is 0 Å². The van der Waals surface area contributed by atoms with Gasteiger partial charge in [0.15, 0.2) is 0 Å². The quantitative estimate of drug-likeness (QED) is 0.836. The van der Waals surface area contributed by atoms with E-state index in [0.717, 1.165) is 19.6 Å². The standard InChI is InChI=1S/C15H28N4/c1-4-6-19-7-5-14(12-19)10-16-11-15-13-17(2)8-9-18(15)3/h5,7,12,15-16H,4,6,8-11,13H2,1-3H3. The highest BCUT2D eigenvalue weighted by atomic mass is 15.3. The van der Waals surface area contributed by atoms with E-state index >= 15 is 0 Å². The third-order valence-corrected chi connectivity index (χ3v) is 3.98. The summed E-state index contributed by atoms with van der Waals surface area (Å²) < 4.78 is 2.28. The maximum Gasteiger partial charge on any atom is 0.0345 e. The lowest BCUT2D eigenvalue weighted by molar-refractivity contribution is 0.113. The minimum absolute atomic E-state index is 0.636. The molecular formula is C15H28N4. The van der Waals surface area contributed by atoms with E-state index in [-0.39, 0.29) is 0 Å². The normalized spacial score (nSPS) is 21.9. The van der Waals surface area contributed by atoms with Crippen molar-refractivity contribution in [3.05, 3.63) is 24.0 Å². The van der Waals surface area contributed by atoms with E-state index in [1.807, 2.05) is 0 Å². The minimum atomic E-state index is 0.636. The molecule has 1 saturated heterocycles. The summed E-state index contributed by atoms with van der Waals surface area (Å²) in [6.07, 6.45) is 5.63. The lowest BCUT2D eigenvalue weighted by atomic mass is 10.2. The van der Waals surface area contributed by atoms with Gasteiger partial charge < -0.3 is 14.8 Å². The molecule has 4 heteroatoms. The lowest BCUT2D eigenvalue weighted by Crippen LogP contribution is -2.53. The topological polar surface area (TPSA) is 23.4 Å². The monoisotopic (exact) mass is 264 g/mol. The van der Waals surface area contributed by atoms with E-state index < -0.39 is 0 Å². The van der Waals surface area contributed by atoms with Crippen molar-refractivity contribution in [2.24, 2.45) is 0 Å². The first-order valence-electron chi connectivity index (χ1n) is 7.43. The molecule has 1 N–H and O–H groups in total. The number of hydrogen-bond acceptors (Lipinski definition) is 3. The number of hydrogen-bond donors (Lipinski definition) is 1. The van der Waals surface area contributed by atoms with E-state index in [0.29, 0.717) is 6.04 Å². The van der Waals surface area contributed by atoms with E-state index in [4.69, 9.17) is 0 Å². The number of piperazine rings is 1. The van der Waals surface area contributed by atoms with E-state index in [1.165, 1.54) is 31.6 Å². The summed E-state index contributed by atoms with van der Waals surface area (Å²) in [5.41, 5.74) is 1.39. The molecule has 0 radical (unpaired) electrons. The smallest absolute Gasteiger partial charge is 0.0345 e. The van der Waals surface area contributed by atoms with Crippen molar-refractivity contribution in [2.75, 3.05) is 40.3 Å². The van der Waals surface area contributed by atoms with Crippen molar-refractivity contribution < 1.29 is 0 Å². The second-order valence-corrected chi connectivity index (χ2v) is 5.79. The first-order chi connectivity index (χ1) is 9.19. The molecular weight excluding hydrogens is 236 g/mol. The van der Waals surface area contributed by atoms with Crippen LogP contribution in [-0.2, 0) is 13.1 Å². The molecule has 2 heterocycles. The van der Waals surface area contributed by atoms with Crippen LogP contribution in [0.1, 0.15) is 18.9 Å². The molecule has 0 aromatic carbocycles.